The number of carbonyl (C=O) groups excluding carboxylic acids is 1. The second kappa shape index (κ2) is 7.24. The molecule has 0 aliphatic rings. The Morgan fingerprint density at radius 3 is 2.83 bits per heavy atom. The standard InChI is InChI=1S/C13H19ClN2O2/c1-9(7-15-2)13(17)16-8-10-4-5-11(14)6-12(10)18-3/h4-6,9,15H,7-8H2,1-3H3,(H,16,17). The zero-order chi connectivity index (χ0) is 13.5. The van der Waals surface area contributed by atoms with E-state index >= 15 is 0 Å². The Balaban J connectivity index is 2.60. The topological polar surface area (TPSA) is 50.4 Å². The maximum absolute atomic E-state index is 11.8. The molecule has 0 bridgehead atoms. The molecule has 1 rings (SSSR count). The van der Waals surface area contributed by atoms with E-state index in [1.54, 1.807) is 19.2 Å². The van der Waals surface area contributed by atoms with Crippen LogP contribution in [0.2, 0.25) is 5.02 Å². The highest BCUT2D eigenvalue weighted by Gasteiger charge is 2.12. The third-order valence-corrected chi connectivity index (χ3v) is 2.90. The Morgan fingerprint density at radius 1 is 1.50 bits per heavy atom. The molecule has 1 aromatic rings. The Morgan fingerprint density at radius 2 is 2.22 bits per heavy atom. The van der Waals surface area contributed by atoms with Crippen LogP contribution in [-0.2, 0) is 11.3 Å². The van der Waals surface area contributed by atoms with E-state index in [2.05, 4.69) is 10.6 Å². The van der Waals surface area contributed by atoms with Crippen LogP contribution >= 0.6 is 11.6 Å². The number of methoxy groups -OCH3 is 1. The lowest BCUT2D eigenvalue weighted by Crippen LogP contribution is -2.33. The Kier molecular flexibility index (Phi) is 5.95. The van der Waals surface area contributed by atoms with Gasteiger partial charge in [-0.05, 0) is 19.2 Å². The minimum absolute atomic E-state index is 0.0151. The zero-order valence-electron chi connectivity index (χ0n) is 10.9. The van der Waals surface area contributed by atoms with Gasteiger partial charge in [-0.25, -0.2) is 0 Å². The molecule has 0 saturated heterocycles. The normalized spacial score (nSPS) is 12.0. The van der Waals surface area contributed by atoms with E-state index in [-0.39, 0.29) is 11.8 Å². The molecule has 0 fully saturated rings. The van der Waals surface area contributed by atoms with E-state index in [1.807, 2.05) is 20.0 Å². The lowest BCUT2D eigenvalue weighted by Gasteiger charge is -2.13. The van der Waals surface area contributed by atoms with Crippen LogP contribution in [0, 0.1) is 5.92 Å². The van der Waals surface area contributed by atoms with Gasteiger partial charge >= 0.3 is 0 Å². The first-order valence-corrected chi connectivity index (χ1v) is 6.21. The molecule has 0 saturated carbocycles. The van der Waals surface area contributed by atoms with E-state index in [0.717, 1.165) is 5.56 Å². The fraction of sp³-hybridized carbons (Fsp3) is 0.462. The molecular formula is C13H19ClN2O2. The van der Waals surface area contributed by atoms with Gasteiger partial charge in [-0.3, -0.25) is 4.79 Å². The molecule has 100 valence electrons. The Bertz CT molecular complexity index is 410. The number of carbonyl (C=O) groups is 1. The average molecular weight is 271 g/mol. The molecule has 1 atom stereocenters. The van der Waals surface area contributed by atoms with E-state index in [1.165, 1.54) is 0 Å². The predicted molar refractivity (Wildman–Crippen MR) is 72.9 cm³/mol. The Labute approximate surface area is 113 Å². The first-order chi connectivity index (χ1) is 8.58. The molecule has 0 aromatic heterocycles. The van der Waals surface area contributed by atoms with Crippen molar-refractivity contribution in [1.82, 2.24) is 10.6 Å². The van der Waals surface area contributed by atoms with Gasteiger partial charge in [0.1, 0.15) is 5.75 Å². The van der Waals surface area contributed by atoms with Crippen molar-refractivity contribution >= 4 is 17.5 Å². The molecule has 1 aromatic carbocycles. The molecule has 0 spiro atoms. The molecule has 0 aliphatic heterocycles. The van der Waals surface area contributed by atoms with Crippen molar-refractivity contribution < 1.29 is 9.53 Å². The van der Waals surface area contributed by atoms with Crippen LogP contribution in [0.25, 0.3) is 0 Å². The number of benzene rings is 1. The van der Waals surface area contributed by atoms with Crippen LogP contribution in [0.1, 0.15) is 12.5 Å². The minimum atomic E-state index is -0.0618. The summed E-state index contributed by atoms with van der Waals surface area (Å²) in [7, 11) is 3.41. The van der Waals surface area contributed by atoms with Crippen molar-refractivity contribution in [2.24, 2.45) is 5.92 Å². The van der Waals surface area contributed by atoms with E-state index in [4.69, 9.17) is 16.3 Å². The van der Waals surface area contributed by atoms with Gasteiger partial charge in [-0.15, -0.1) is 0 Å². The Hall–Kier alpha value is -1.26. The molecule has 5 heteroatoms. The van der Waals surface area contributed by atoms with Gasteiger partial charge in [0.15, 0.2) is 0 Å². The lowest BCUT2D eigenvalue weighted by atomic mass is 10.1. The summed E-state index contributed by atoms with van der Waals surface area (Å²) < 4.78 is 5.22. The third-order valence-electron chi connectivity index (χ3n) is 2.66. The fourth-order valence-corrected chi connectivity index (χ4v) is 1.78. The van der Waals surface area contributed by atoms with Gasteiger partial charge < -0.3 is 15.4 Å². The summed E-state index contributed by atoms with van der Waals surface area (Å²) in [5, 5.41) is 6.47. The monoisotopic (exact) mass is 270 g/mol. The largest absolute Gasteiger partial charge is 0.496 e. The van der Waals surface area contributed by atoms with E-state index < -0.39 is 0 Å². The molecule has 18 heavy (non-hydrogen) atoms. The number of halogens is 1. The second-order valence-electron chi connectivity index (χ2n) is 4.13. The molecule has 2 N–H and O–H groups in total. The van der Waals surface area contributed by atoms with Gasteiger partial charge in [-0.1, -0.05) is 24.6 Å². The lowest BCUT2D eigenvalue weighted by molar-refractivity contribution is -0.124. The summed E-state index contributed by atoms with van der Waals surface area (Å²) in [6.07, 6.45) is 0. The maximum atomic E-state index is 11.8. The third kappa shape index (κ3) is 4.20. The number of ether oxygens (including phenoxy) is 1. The highest BCUT2D eigenvalue weighted by atomic mass is 35.5. The van der Waals surface area contributed by atoms with Crippen molar-refractivity contribution in [2.75, 3.05) is 20.7 Å². The number of amides is 1. The maximum Gasteiger partial charge on any atom is 0.224 e. The van der Waals surface area contributed by atoms with Crippen LogP contribution in [0.15, 0.2) is 18.2 Å². The van der Waals surface area contributed by atoms with Crippen molar-refractivity contribution in [3.8, 4) is 5.75 Å². The summed E-state index contributed by atoms with van der Waals surface area (Å²) in [6.45, 7) is 2.97. The van der Waals surface area contributed by atoms with E-state index in [0.29, 0.717) is 23.9 Å². The molecular weight excluding hydrogens is 252 g/mol. The van der Waals surface area contributed by atoms with Crippen molar-refractivity contribution in [2.45, 2.75) is 13.5 Å². The summed E-state index contributed by atoms with van der Waals surface area (Å²) in [5.74, 6) is 0.638. The summed E-state index contributed by atoms with van der Waals surface area (Å²) in [5.41, 5.74) is 0.909. The van der Waals surface area contributed by atoms with Crippen LogP contribution in [-0.4, -0.2) is 26.6 Å². The minimum Gasteiger partial charge on any atom is -0.496 e. The van der Waals surface area contributed by atoms with E-state index in [9.17, 15) is 4.79 Å². The summed E-state index contributed by atoms with van der Waals surface area (Å²) in [4.78, 5) is 11.8. The number of hydrogen-bond donors (Lipinski definition) is 2. The average Bonchev–Trinajstić information content (AvgIpc) is 2.37. The predicted octanol–water partition coefficient (Wildman–Crippen LogP) is 1.82. The van der Waals surface area contributed by atoms with Gasteiger partial charge in [0.05, 0.1) is 7.11 Å². The molecule has 0 heterocycles. The fourth-order valence-electron chi connectivity index (χ4n) is 1.62. The molecule has 1 amide bonds. The molecule has 1 unspecified atom stereocenters. The van der Waals surface area contributed by atoms with Crippen molar-refractivity contribution in [3.63, 3.8) is 0 Å². The highest BCUT2D eigenvalue weighted by molar-refractivity contribution is 6.30. The second-order valence-corrected chi connectivity index (χ2v) is 4.57. The van der Waals surface area contributed by atoms with Gasteiger partial charge in [0.25, 0.3) is 0 Å². The van der Waals surface area contributed by atoms with Gasteiger partial charge in [0.2, 0.25) is 5.91 Å². The van der Waals surface area contributed by atoms with Crippen molar-refractivity contribution in [3.05, 3.63) is 28.8 Å². The highest BCUT2D eigenvalue weighted by Crippen LogP contribution is 2.22. The summed E-state index contributed by atoms with van der Waals surface area (Å²) >= 11 is 5.87. The van der Waals surface area contributed by atoms with Crippen LogP contribution < -0.4 is 15.4 Å². The molecule has 4 nitrogen and oxygen atoms in total. The number of nitrogens with one attached hydrogen (secondary N) is 2. The quantitative estimate of drug-likeness (QED) is 0.829. The number of hydrogen-bond acceptors (Lipinski definition) is 3. The molecule has 0 radical (unpaired) electrons. The molecule has 0 aliphatic carbocycles. The van der Waals surface area contributed by atoms with Gasteiger partial charge in [-0.2, -0.15) is 0 Å². The van der Waals surface area contributed by atoms with Crippen LogP contribution in [0.4, 0.5) is 0 Å². The summed E-state index contributed by atoms with van der Waals surface area (Å²) in [6, 6.07) is 5.37. The SMILES string of the molecule is CNCC(C)C(=O)NCc1ccc(Cl)cc1OC. The van der Waals surface area contributed by atoms with Crippen LogP contribution in [0.5, 0.6) is 5.75 Å². The first-order valence-electron chi connectivity index (χ1n) is 5.83. The van der Waals surface area contributed by atoms with Crippen LogP contribution in [0.3, 0.4) is 0 Å². The first kappa shape index (κ1) is 14.8. The van der Waals surface area contributed by atoms with Crippen molar-refractivity contribution in [1.29, 1.82) is 0 Å². The smallest absolute Gasteiger partial charge is 0.224 e. The van der Waals surface area contributed by atoms with Gasteiger partial charge in [0, 0.05) is 29.6 Å². The zero-order valence-corrected chi connectivity index (χ0v) is 11.7. The number of rotatable bonds is 6.